The van der Waals surface area contributed by atoms with Crippen molar-refractivity contribution in [2.75, 3.05) is 27.4 Å². The second kappa shape index (κ2) is 4.91. The molecule has 0 aromatic rings. The fraction of sp³-hybridized carbons (Fsp3) is 0.818. The molecule has 0 saturated carbocycles. The molecule has 3 nitrogen and oxygen atoms in total. The Hall–Kier alpha value is -0.380. The molecule has 0 N–H and O–H groups in total. The van der Waals surface area contributed by atoms with Gasteiger partial charge in [-0.05, 0) is 26.5 Å². The number of ether oxygens (including phenoxy) is 2. The summed E-state index contributed by atoms with van der Waals surface area (Å²) in [7, 11) is 3.80. The zero-order valence-electron chi connectivity index (χ0n) is 9.62. The Morgan fingerprint density at radius 1 is 1.36 bits per heavy atom. The van der Waals surface area contributed by atoms with Crippen LogP contribution in [0.15, 0.2) is 12.2 Å². The highest BCUT2D eigenvalue weighted by atomic mass is 16.5. The minimum atomic E-state index is 0.158. The normalized spacial score (nSPS) is 34.0. The largest absolute Gasteiger partial charge is 0.382 e. The van der Waals surface area contributed by atoms with Crippen LogP contribution in [0.4, 0.5) is 0 Å². The van der Waals surface area contributed by atoms with Crippen LogP contribution < -0.4 is 0 Å². The summed E-state index contributed by atoms with van der Waals surface area (Å²) in [6.07, 6.45) is 0.158. The van der Waals surface area contributed by atoms with Gasteiger partial charge in [0.05, 0.1) is 19.3 Å². The van der Waals surface area contributed by atoms with Gasteiger partial charge in [-0.3, -0.25) is 4.90 Å². The molecule has 0 bridgehead atoms. The van der Waals surface area contributed by atoms with Crippen molar-refractivity contribution >= 4 is 0 Å². The van der Waals surface area contributed by atoms with E-state index in [0.717, 1.165) is 0 Å². The third-order valence-electron chi connectivity index (χ3n) is 3.18. The Morgan fingerprint density at radius 2 is 2.00 bits per heavy atom. The van der Waals surface area contributed by atoms with Gasteiger partial charge in [-0.15, -0.1) is 0 Å². The number of methoxy groups -OCH3 is 1. The van der Waals surface area contributed by atoms with Crippen LogP contribution >= 0.6 is 0 Å². The zero-order chi connectivity index (χ0) is 10.7. The molecule has 0 radical (unpaired) electrons. The maximum atomic E-state index is 5.74. The lowest BCUT2D eigenvalue weighted by molar-refractivity contribution is 0.0184. The van der Waals surface area contributed by atoms with E-state index in [1.165, 1.54) is 5.57 Å². The predicted octanol–water partition coefficient (Wildman–Crippen LogP) is 1.30. The highest BCUT2D eigenvalue weighted by Gasteiger charge is 2.37. The van der Waals surface area contributed by atoms with E-state index in [0.29, 0.717) is 25.3 Å². The third kappa shape index (κ3) is 2.16. The minimum absolute atomic E-state index is 0.158. The lowest BCUT2D eigenvalue weighted by Crippen LogP contribution is -2.33. The van der Waals surface area contributed by atoms with E-state index in [4.69, 9.17) is 9.47 Å². The zero-order valence-corrected chi connectivity index (χ0v) is 9.62. The first-order chi connectivity index (χ1) is 6.59. The Kier molecular flexibility index (Phi) is 4.11. The Bertz CT molecular complexity index is 205. The molecule has 0 spiro atoms. The first-order valence-corrected chi connectivity index (χ1v) is 5.10. The summed E-state index contributed by atoms with van der Waals surface area (Å²) in [5.74, 6) is 0. The van der Waals surface area contributed by atoms with Gasteiger partial charge in [0, 0.05) is 19.2 Å². The molecular weight excluding hydrogens is 178 g/mol. The summed E-state index contributed by atoms with van der Waals surface area (Å²) in [5, 5.41) is 0. The van der Waals surface area contributed by atoms with Crippen molar-refractivity contribution in [1.29, 1.82) is 0 Å². The summed E-state index contributed by atoms with van der Waals surface area (Å²) in [4.78, 5) is 2.29. The molecule has 1 heterocycles. The van der Waals surface area contributed by atoms with Crippen molar-refractivity contribution < 1.29 is 9.47 Å². The molecule has 0 aromatic carbocycles. The molecule has 3 atom stereocenters. The van der Waals surface area contributed by atoms with Crippen LogP contribution in [0.3, 0.4) is 0 Å². The van der Waals surface area contributed by atoms with Crippen LogP contribution in [0.1, 0.15) is 13.8 Å². The quantitative estimate of drug-likeness (QED) is 0.503. The number of nitrogens with zero attached hydrogens (tertiary/aromatic N) is 1. The van der Waals surface area contributed by atoms with Gasteiger partial charge >= 0.3 is 0 Å². The number of likely N-dealkylation sites (tertiary alicyclic amines) is 1. The Morgan fingerprint density at radius 3 is 2.43 bits per heavy atom. The number of hydrogen-bond acceptors (Lipinski definition) is 3. The van der Waals surface area contributed by atoms with E-state index in [2.05, 4.69) is 32.4 Å². The predicted molar refractivity (Wildman–Crippen MR) is 57.4 cm³/mol. The molecule has 1 saturated heterocycles. The Labute approximate surface area is 86.7 Å². The number of hydrogen-bond donors (Lipinski definition) is 0. The van der Waals surface area contributed by atoms with Gasteiger partial charge in [0.1, 0.15) is 0 Å². The average Bonchev–Trinajstić information content (AvgIpc) is 2.35. The summed E-state index contributed by atoms with van der Waals surface area (Å²) in [5.41, 5.74) is 1.18. The second-order valence-electron chi connectivity index (χ2n) is 3.94. The molecule has 1 rings (SSSR count). The van der Waals surface area contributed by atoms with Crippen molar-refractivity contribution in [3.63, 3.8) is 0 Å². The molecule has 82 valence electrons. The van der Waals surface area contributed by atoms with Gasteiger partial charge in [0.25, 0.3) is 0 Å². The van der Waals surface area contributed by atoms with E-state index in [9.17, 15) is 0 Å². The third-order valence-corrected chi connectivity index (χ3v) is 3.18. The minimum Gasteiger partial charge on any atom is -0.382 e. The monoisotopic (exact) mass is 199 g/mol. The van der Waals surface area contributed by atoms with Crippen molar-refractivity contribution in [2.24, 2.45) is 0 Å². The molecule has 1 aliphatic heterocycles. The molecule has 14 heavy (non-hydrogen) atoms. The maximum Gasteiger partial charge on any atom is 0.0951 e. The highest BCUT2D eigenvalue weighted by molar-refractivity contribution is 5.20. The standard InChI is InChI=1S/C11H21NO2/c1-8-9(2)12(4)10(3)11(8)14-7-6-13-5/h9-11H,1,6-7H2,2-5H3/t9-,10-,11-/m1/s1. The topological polar surface area (TPSA) is 21.7 Å². The second-order valence-corrected chi connectivity index (χ2v) is 3.94. The summed E-state index contributed by atoms with van der Waals surface area (Å²) in [6, 6.07) is 0.826. The van der Waals surface area contributed by atoms with Crippen molar-refractivity contribution in [2.45, 2.75) is 32.0 Å². The molecule has 0 aromatic heterocycles. The summed E-state index contributed by atoms with van der Waals surface area (Å²) >= 11 is 0. The SMILES string of the molecule is C=C1[C@@H](OCCOC)[C@@H](C)N(C)[C@@H]1C. The van der Waals surface area contributed by atoms with Gasteiger partial charge in [0.15, 0.2) is 0 Å². The van der Waals surface area contributed by atoms with Crippen LogP contribution in [0, 0.1) is 0 Å². The lowest BCUT2D eigenvalue weighted by Gasteiger charge is -2.21. The maximum absolute atomic E-state index is 5.74. The molecule has 1 fully saturated rings. The van der Waals surface area contributed by atoms with Crippen LogP contribution in [-0.2, 0) is 9.47 Å². The number of likely N-dealkylation sites (N-methyl/N-ethyl adjacent to an activating group) is 1. The highest BCUT2D eigenvalue weighted by Crippen LogP contribution is 2.28. The van der Waals surface area contributed by atoms with Gasteiger partial charge in [0.2, 0.25) is 0 Å². The first-order valence-electron chi connectivity index (χ1n) is 5.10. The first kappa shape index (κ1) is 11.7. The van der Waals surface area contributed by atoms with Crippen LogP contribution in [-0.4, -0.2) is 50.5 Å². The summed E-state index contributed by atoms with van der Waals surface area (Å²) in [6.45, 7) is 9.72. The van der Waals surface area contributed by atoms with Gasteiger partial charge in [-0.1, -0.05) is 6.58 Å². The van der Waals surface area contributed by atoms with E-state index in [1.807, 2.05) is 0 Å². The van der Waals surface area contributed by atoms with Crippen LogP contribution in [0.2, 0.25) is 0 Å². The molecule has 3 heteroatoms. The molecule has 0 unspecified atom stereocenters. The van der Waals surface area contributed by atoms with E-state index in [-0.39, 0.29) is 6.10 Å². The molecule has 0 aliphatic carbocycles. The van der Waals surface area contributed by atoms with E-state index >= 15 is 0 Å². The average molecular weight is 199 g/mol. The van der Waals surface area contributed by atoms with Crippen LogP contribution in [0.5, 0.6) is 0 Å². The van der Waals surface area contributed by atoms with E-state index in [1.54, 1.807) is 7.11 Å². The van der Waals surface area contributed by atoms with Gasteiger partial charge in [-0.2, -0.15) is 0 Å². The summed E-state index contributed by atoms with van der Waals surface area (Å²) < 4.78 is 10.7. The fourth-order valence-corrected chi connectivity index (χ4v) is 1.88. The van der Waals surface area contributed by atoms with Crippen LogP contribution in [0.25, 0.3) is 0 Å². The lowest BCUT2D eigenvalue weighted by atomic mass is 10.1. The molecular formula is C11H21NO2. The van der Waals surface area contributed by atoms with Crippen molar-refractivity contribution in [1.82, 2.24) is 4.90 Å². The molecule has 1 aliphatic rings. The number of rotatable bonds is 4. The Balaban J connectivity index is 2.48. The smallest absolute Gasteiger partial charge is 0.0951 e. The van der Waals surface area contributed by atoms with Gasteiger partial charge < -0.3 is 9.47 Å². The van der Waals surface area contributed by atoms with Gasteiger partial charge in [-0.25, -0.2) is 0 Å². The van der Waals surface area contributed by atoms with Crippen molar-refractivity contribution in [3.8, 4) is 0 Å². The fourth-order valence-electron chi connectivity index (χ4n) is 1.88. The molecule has 0 amide bonds. The van der Waals surface area contributed by atoms with Crippen molar-refractivity contribution in [3.05, 3.63) is 12.2 Å². The van der Waals surface area contributed by atoms with E-state index < -0.39 is 0 Å².